The second kappa shape index (κ2) is 6.55. The third kappa shape index (κ3) is 4.17. The highest BCUT2D eigenvalue weighted by Gasteiger charge is 2.09. The van der Waals surface area contributed by atoms with E-state index in [0.717, 1.165) is 11.3 Å². The molecule has 4 N–H and O–H groups in total. The predicted molar refractivity (Wildman–Crippen MR) is 81.9 cm³/mol. The van der Waals surface area contributed by atoms with E-state index in [0.29, 0.717) is 15.9 Å². The lowest BCUT2D eigenvalue weighted by Crippen LogP contribution is -2.28. The number of nitrogens with one attached hydrogen (secondary N) is 3. The Hall–Kier alpha value is -2.13. The average Bonchev–Trinajstić information content (AvgIpc) is 2.84. The van der Waals surface area contributed by atoms with E-state index in [1.165, 1.54) is 18.2 Å². The number of rotatable bonds is 4. The molecular weight excluding hydrogens is 362 g/mol. The van der Waals surface area contributed by atoms with Gasteiger partial charge in [-0.25, -0.2) is 9.59 Å². The summed E-state index contributed by atoms with van der Waals surface area (Å²) in [5.41, 5.74) is 1.17. The molecule has 0 saturated carbocycles. The summed E-state index contributed by atoms with van der Waals surface area (Å²) in [4.78, 5) is 35.8. The quantitative estimate of drug-likeness (QED) is 0.659. The standard InChI is InChI=1S/C12H10BrN3O4S/c13-8-3-6(10(17)18)1-2-9(8)16-11(19)14-4-7-5-21-12(20)15-7/h1-3,5H,4H2,(H,15,20)(H,17,18)(H2,14,16,19). The summed E-state index contributed by atoms with van der Waals surface area (Å²) in [6, 6.07) is 3.80. The highest BCUT2D eigenvalue weighted by molar-refractivity contribution is 9.10. The Labute approximate surface area is 131 Å². The number of urea groups is 1. The molecule has 0 unspecified atom stereocenters. The molecule has 2 amide bonds. The minimum absolute atomic E-state index is 0.115. The van der Waals surface area contributed by atoms with Crippen LogP contribution in [-0.4, -0.2) is 22.1 Å². The van der Waals surface area contributed by atoms with Crippen molar-refractivity contribution < 1.29 is 14.7 Å². The number of aromatic amines is 1. The van der Waals surface area contributed by atoms with E-state index in [1.54, 1.807) is 5.38 Å². The van der Waals surface area contributed by atoms with Crippen LogP contribution in [0.5, 0.6) is 0 Å². The van der Waals surface area contributed by atoms with Crippen molar-refractivity contribution in [3.63, 3.8) is 0 Å². The summed E-state index contributed by atoms with van der Waals surface area (Å²) in [5.74, 6) is -1.05. The van der Waals surface area contributed by atoms with Gasteiger partial charge in [-0.05, 0) is 34.1 Å². The second-order valence-corrected chi connectivity index (χ2v) is 5.68. The summed E-state index contributed by atoms with van der Waals surface area (Å²) in [7, 11) is 0. The molecule has 0 spiro atoms. The number of carboxylic acid groups (broad SMARTS) is 1. The SMILES string of the molecule is O=C(NCc1csc(=O)[nH]1)Nc1ccc(C(=O)O)cc1Br. The van der Waals surface area contributed by atoms with E-state index in [1.807, 2.05) is 0 Å². The van der Waals surface area contributed by atoms with Gasteiger partial charge < -0.3 is 20.7 Å². The molecule has 7 nitrogen and oxygen atoms in total. The van der Waals surface area contributed by atoms with Crippen molar-refractivity contribution in [2.45, 2.75) is 6.54 Å². The van der Waals surface area contributed by atoms with Gasteiger partial charge >= 0.3 is 16.9 Å². The summed E-state index contributed by atoms with van der Waals surface area (Å²) in [6.45, 7) is 0.190. The van der Waals surface area contributed by atoms with Crippen molar-refractivity contribution in [1.29, 1.82) is 0 Å². The van der Waals surface area contributed by atoms with E-state index in [4.69, 9.17) is 5.11 Å². The van der Waals surface area contributed by atoms with Gasteiger partial charge in [0, 0.05) is 15.5 Å². The number of halogens is 1. The number of hydrogen-bond donors (Lipinski definition) is 4. The summed E-state index contributed by atoms with van der Waals surface area (Å²) < 4.78 is 0.460. The van der Waals surface area contributed by atoms with Gasteiger partial charge in [-0.15, -0.1) is 0 Å². The molecule has 0 aliphatic carbocycles. The van der Waals surface area contributed by atoms with Gasteiger partial charge in [0.15, 0.2) is 0 Å². The number of aromatic carboxylic acids is 1. The van der Waals surface area contributed by atoms with E-state index in [2.05, 4.69) is 31.5 Å². The molecule has 0 fully saturated rings. The number of carbonyl (C=O) groups is 2. The third-order valence-electron chi connectivity index (χ3n) is 2.47. The summed E-state index contributed by atoms with van der Waals surface area (Å²) in [5, 5.41) is 15.6. The van der Waals surface area contributed by atoms with Crippen molar-refractivity contribution in [2.24, 2.45) is 0 Å². The van der Waals surface area contributed by atoms with E-state index >= 15 is 0 Å². The predicted octanol–water partition coefficient (Wildman–Crippen LogP) is 2.22. The van der Waals surface area contributed by atoms with E-state index < -0.39 is 12.0 Å². The molecule has 1 heterocycles. The lowest BCUT2D eigenvalue weighted by Gasteiger charge is -2.09. The molecule has 0 atom stereocenters. The zero-order chi connectivity index (χ0) is 15.4. The molecule has 0 bridgehead atoms. The minimum atomic E-state index is -1.05. The highest BCUT2D eigenvalue weighted by atomic mass is 79.9. The zero-order valence-electron chi connectivity index (χ0n) is 10.5. The molecule has 9 heteroatoms. The summed E-state index contributed by atoms with van der Waals surface area (Å²) >= 11 is 4.21. The van der Waals surface area contributed by atoms with Crippen LogP contribution in [0.1, 0.15) is 16.1 Å². The van der Waals surface area contributed by atoms with Crippen molar-refractivity contribution in [3.05, 3.63) is 49.0 Å². The number of anilines is 1. The maximum atomic E-state index is 11.7. The highest BCUT2D eigenvalue weighted by Crippen LogP contribution is 2.23. The number of thiazole rings is 1. The van der Waals surface area contributed by atoms with Crippen LogP contribution in [0.15, 0.2) is 32.8 Å². The van der Waals surface area contributed by atoms with Crippen molar-refractivity contribution >= 4 is 45.0 Å². The number of aromatic nitrogens is 1. The van der Waals surface area contributed by atoms with Crippen LogP contribution in [0.2, 0.25) is 0 Å². The van der Waals surface area contributed by atoms with Crippen LogP contribution < -0.4 is 15.5 Å². The average molecular weight is 372 g/mol. The van der Waals surface area contributed by atoms with Crippen LogP contribution >= 0.6 is 27.3 Å². The number of carboxylic acids is 1. The van der Waals surface area contributed by atoms with E-state index in [-0.39, 0.29) is 17.0 Å². The number of benzene rings is 1. The van der Waals surface area contributed by atoms with Gasteiger partial charge in [0.25, 0.3) is 0 Å². The molecule has 0 aliphatic rings. The molecule has 0 aliphatic heterocycles. The van der Waals surface area contributed by atoms with Gasteiger partial charge in [-0.3, -0.25) is 4.79 Å². The van der Waals surface area contributed by atoms with Crippen molar-refractivity contribution in [3.8, 4) is 0 Å². The number of amides is 2. The molecule has 0 radical (unpaired) electrons. The topological polar surface area (TPSA) is 111 Å². The van der Waals surface area contributed by atoms with Crippen LogP contribution in [-0.2, 0) is 6.54 Å². The maximum absolute atomic E-state index is 11.7. The molecule has 1 aromatic heterocycles. The normalized spacial score (nSPS) is 10.1. The van der Waals surface area contributed by atoms with Gasteiger partial charge in [0.2, 0.25) is 0 Å². The van der Waals surface area contributed by atoms with Gasteiger partial charge in [-0.1, -0.05) is 11.3 Å². The van der Waals surface area contributed by atoms with Crippen LogP contribution in [0.25, 0.3) is 0 Å². The minimum Gasteiger partial charge on any atom is -0.478 e. The first-order valence-electron chi connectivity index (χ1n) is 5.70. The molecule has 2 rings (SSSR count). The fourth-order valence-electron chi connectivity index (χ4n) is 1.49. The Bertz CT molecular complexity index is 740. The van der Waals surface area contributed by atoms with Gasteiger partial charge in [0.05, 0.1) is 17.8 Å². The van der Waals surface area contributed by atoms with Crippen LogP contribution in [0.4, 0.5) is 10.5 Å². The first-order chi connectivity index (χ1) is 9.95. The van der Waals surface area contributed by atoms with Gasteiger partial charge in [0.1, 0.15) is 0 Å². The lowest BCUT2D eigenvalue weighted by molar-refractivity contribution is 0.0697. The fraction of sp³-hybridized carbons (Fsp3) is 0.0833. The first-order valence-corrected chi connectivity index (χ1v) is 7.37. The molecule has 2 aromatic rings. The molecule has 1 aromatic carbocycles. The molecular formula is C12H10BrN3O4S. The Morgan fingerprint density at radius 2 is 2.14 bits per heavy atom. The Morgan fingerprint density at radius 3 is 2.71 bits per heavy atom. The molecule has 21 heavy (non-hydrogen) atoms. The van der Waals surface area contributed by atoms with Crippen molar-refractivity contribution in [1.82, 2.24) is 10.3 Å². The van der Waals surface area contributed by atoms with Gasteiger partial charge in [-0.2, -0.15) is 0 Å². The fourth-order valence-corrected chi connectivity index (χ4v) is 2.55. The largest absolute Gasteiger partial charge is 0.478 e. The summed E-state index contributed by atoms with van der Waals surface area (Å²) in [6.07, 6.45) is 0. The number of carbonyl (C=O) groups excluding carboxylic acids is 1. The third-order valence-corrected chi connectivity index (χ3v) is 3.85. The first kappa shape index (κ1) is 15.3. The Morgan fingerprint density at radius 1 is 1.38 bits per heavy atom. The monoisotopic (exact) mass is 371 g/mol. The van der Waals surface area contributed by atoms with Crippen LogP contribution in [0, 0.1) is 0 Å². The Balaban J connectivity index is 1.96. The van der Waals surface area contributed by atoms with Crippen molar-refractivity contribution in [2.75, 3.05) is 5.32 Å². The number of H-pyrrole nitrogens is 1. The Kier molecular flexibility index (Phi) is 4.76. The molecule has 0 saturated heterocycles. The van der Waals surface area contributed by atoms with E-state index in [9.17, 15) is 14.4 Å². The van der Waals surface area contributed by atoms with Crippen LogP contribution in [0.3, 0.4) is 0 Å². The maximum Gasteiger partial charge on any atom is 0.335 e. The lowest BCUT2D eigenvalue weighted by atomic mass is 10.2. The zero-order valence-corrected chi connectivity index (χ0v) is 12.9. The number of hydrogen-bond acceptors (Lipinski definition) is 4. The molecule has 110 valence electrons. The second-order valence-electron chi connectivity index (χ2n) is 3.98. The smallest absolute Gasteiger partial charge is 0.335 e.